The van der Waals surface area contributed by atoms with E-state index in [0.717, 1.165) is 22.3 Å². The van der Waals surface area contributed by atoms with E-state index in [-0.39, 0.29) is 11.1 Å². The van der Waals surface area contributed by atoms with Crippen LogP contribution in [0.4, 0.5) is 0 Å². The Morgan fingerprint density at radius 3 is 1.27 bits per heavy atom. The monoisotopic (exact) mass is 298 g/mol. The van der Waals surface area contributed by atoms with Crippen LogP contribution in [-0.4, -0.2) is 22.2 Å². The molecule has 0 radical (unpaired) electrons. The molecule has 0 saturated heterocycles. The maximum absolute atomic E-state index is 11.6. The van der Waals surface area contributed by atoms with Crippen LogP contribution in [0.2, 0.25) is 0 Å². The fraction of sp³-hybridized carbons (Fsp3) is 0.222. The molecule has 0 aromatic heterocycles. The number of hydrogen-bond acceptors (Lipinski definition) is 2. The third kappa shape index (κ3) is 2.72. The van der Waals surface area contributed by atoms with Crippen molar-refractivity contribution < 1.29 is 19.8 Å². The van der Waals surface area contributed by atoms with Gasteiger partial charge in [-0.25, -0.2) is 9.59 Å². The average Bonchev–Trinajstić information content (AvgIpc) is 2.38. The zero-order chi connectivity index (χ0) is 16.6. The molecule has 0 heterocycles. The van der Waals surface area contributed by atoms with E-state index in [0.29, 0.717) is 11.1 Å². The smallest absolute Gasteiger partial charge is 0.336 e. The van der Waals surface area contributed by atoms with Crippen LogP contribution in [0.3, 0.4) is 0 Å². The summed E-state index contributed by atoms with van der Waals surface area (Å²) in [5, 5.41) is 19.0. The number of aryl methyl sites for hydroxylation is 4. The van der Waals surface area contributed by atoms with Crippen LogP contribution in [0.25, 0.3) is 11.1 Å². The zero-order valence-corrected chi connectivity index (χ0v) is 13.0. The number of aromatic carboxylic acids is 2. The predicted molar refractivity (Wildman–Crippen MR) is 84.7 cm³/mol. The lowest BCUT2D eigenvalue weighted by atomic mass is 9.86. The van der Waals surface area contributed by atoms with Gasteiger partial charge in [0.2, 0.25) is 0 Å². The molecule has 0 amide bonds. The van der Waals surface area contributed by atoms with Crippen molar-refractivity contribution in [2.24, 2.45) is 0 Å². The van der Waals surface area contributed by atoms with Crippen LogP contribution in [0.5, 0.6) is 0 Å². The summed E-state index contributed by atoms with van der Waals surface area (Å²) in [5.41, 5.74) is 4.40. The second-order valence-electron chi connectivity index (χ2n) is 5.62. The molecule has 0 aliphatic heterocycles. The van der Waals surface area contributed by atoms with Gasteiger partial charge in [0.15, 0.2) is 0 Å². The van der Waals surface area contributed by atoms with Crippen LogP contribution < -0.4 is 0 Å². The summed E-state index contributed by atoms with van der Waals surface area (Å²) in [6, 6.07) is 6.89. The van der Waals surface area contributed by atoms with Gasteiger partial charge in [0.25, 0.3) is 0 Å². The molecule has 0 unspecified atom stereocenters. The number of carboxylic acid groups (broad SMARTS) is 2. The number of carbonyl (C=O) groups is 2. The van der Waals surface area contributed by atoms with Crippen LogP contribution in [0.15, 0.2) is 24.3 Å². The van der Waals surface area contributed by atoms with E-state index < -0.39 is 11.9 Å². The number of hydrogen-bond donors (Lipinski definition) is 2. The molecular formula is C18H18O4. The summed E-state index contributed by atoms with van der Waals surface area (Å²) in [7, 11) is 0. The van der Waals surface area contributed by atoms with Crippen molar-refractivity contribution >= 4 is 11.9 Å². The summed E-state index contributed by atoms with van der Waals surface area (Å²) in [4.78, 5) is 23.2. The molecule has 22 heavy (non-hydrogen) atoms. The third-order valence-electron chi connectivity index (χ3n) is 3.67. The topological polar surface area (TPSA) is 74.6 Å². The standard InChI is InChI=1S/C18H18O4/c1-9-5-11(3)15(13(7-9)17(19)20)16-12(4)6-10(2)8-14(16)18(21)22/h5-8H,1-4H3,(H,19,20)(H,21,22). The van der Waals surface area contributed by atoms with Crippen molar-refractivity contribution in [3.63, 3.8) is 0 Å². The summed E-state index contributed by atoms with van der Waals surface area (Å²) in [6.45, 7) is 7.26. The normalized spacial score (nSPS) is 10.5. The SMILES string of the molecule is Cc1cc(C)c(-c2c(C)cc(C)cc2C(=O)O)c(C(=O)O)c1. The van der Waals surface area contributed by atoms with Gasteiger partial charge in [-0.1, -0.05) is 12.1 Å². The quantitative estimate of drug-likeness (QED) is 0.898. The summed E-state index contributed by atoms with van der Waals surface area (Å²) >= 11 is 0. The number of benzene rings is 2. The van der Waals surface area contributed by atoms with Gasteiger partial charge in [-0.05, 0) is 62.1 Å². The highest BCUT2D eigenvalue weighted by Gasteiger charge is 2.22. The average molecular weight is 298 g/mol. The third-order valence-corrected chi connectivity index (χ3v) is 3.67. The lowest BCUT2D eigenvalue weighted by Crippen LogP contribution is -2.08. The van der Waals surface area contributed by atoms with Crippen molar-refractivity contribution in [2.45, 2.75) is 27.7 Å². The highest BCUT2D eigenvalue weighted by molar-refractivity contribution is 6.04. The van der Waals surface area contributed by atoms with E-state index in [2.05, 4.69) is 0 Å². The van der Waals surface area contributed by atoms with Gasteiger partial charge >= 0.3 is 11.9 Å². The Labute approximate surface area is 129 Å². The van der Waals surface area contributed by atoms with Gasteiger partial charge in [-0.2, -0.15) is 0 Å². The summed E-state index contributed by atoms with van der Waals surface area (Å²) < 4.78 is 0. The molecule has 0 saturated carbocycles. The van der Waals surface area contributed by atoms with E-state index in [9.17, 15) is 19.8 Å². The predicted octanol–water partition coefficient (Wildman–Crippen LogP) is 3.98. The molecular weight excluding hydrogens is 280 g/mol. The van der Waals surface area contributed by atoms with E-state index in [4.69, 9.17) is 0 Å². The minimum atomic E-state index is -1.06. The Morgan fingerprint density at radius 1 is 0.682 bits per heavy atom. The van der Waals surface area contributed by atoms with Crippen molar-refractivity contribution in [1.82, 2.24) is 0 Å². The molecule has 0 atom stereocenters. The van der Waals surface area contributed by atoms with Gasteiger partial charge in [-0.15, -0.1) is 0 Å². The molecule has 0 bridgehead atoms. The molecule has 0 fully saturated rings. The Bertz CT molecular complexity index is 721. The number of carboxylic acids is 2. The van der Waals surface area contributed by atoms with E-state index in [1.54, 1.807) is 26.0 Å². The first-order valence-electron chi connectivity index (χ1n) is 6.91. The first-order chi connectivity index (χ1) is 10.2. The minimum absolute atomic E-state index is 0.131. The van der Waals surface area contributed by atoms with Crippen LogP contribution in [-0.2, 0) is 0 Å². The molecule has 4 nitrogen and oxygen atoms in total. The lowest BCUT2D eigenvalue weighted by molar-refractivity contribution is 0.0684. The first-order valence-corrected chi connectivity index (χ1v) is 6.91. The minimum Gasteiger partial charge on any atom is -0.478 e. The summed E-state index contributed by atoms with van der Waals surface area (Å²) in [6.07, 6.45) is 0. The summed E-state index contributed by atoms with van der Waals surface area (Å²) in [5.74, 6) is -2.11. The fourth-order valence-electron chi connectivity index (χ4n) is 2.94. The van der Waals surface area contributed by atoms with E-state index in [1.165, 1.54) is 0 Å². The highest BCUT2D eigenvalue weighted by Crippen LogP contribution is 2.35. The Balaban J connectivity index is 2.94. The van der Waals surface area contributed by atoms with Crippen molar-refractivity contribution in [2.75, 3.05) is 0 Å². The molecule has 0 aliphatic rings. The molecule has 0 aliphatic carbocycles. The maximum atomic E-state index is 11.6. The molecule has 2 rings (SSSR count). The van der Waals surface area contributed by atoms with Gasteiger partial charge in [0.05, 0.1) is 11.1 Å². The second-order valence-corrected chi connectivity index (χ2v) is 5.62. The van der Waals surface area contributed by atoms with E-state index >= 15 is 0 Å². The van der Waals surface area contributed by atoms with Gasteiger partial charge < -0.3 is 10.2 Å². The Hall–Kier alpha value is -2.62. The van der Waals surface area contributed by atoms with Crippen molar-refractivity contribution in [1.29, 1.82) is 0 Å². The highest BCUT2D eigenvalue weighted by atomic mass is 16.4. The van der Waals surface area contributed by atoms with E-state index in [1.807, 2.05) is 26.0 Å². The fourth-order valence-corrected chi connectivity index (χ4v) is 2.94. The Kier molecular flexibility index (Phi) is 4.04. The molecule has 0 spiro atoms. The maximum Gasteiger partial charge on any atom is 0.336 e. The lowest BCUT2D eigenvalue weighted by Gasteiger charge is -2.17. The largest absolute Gasteiger partial charge is 0.478 e. The molecule has 114 valence electrons. The second kappa shape index (κ2) is 5.64. The van der Waals surface area contributed by atoms with Crippen LogP contribution >= 0.6 is 0 Å². The van der Waals surface area contributed by atoms with Crippen LogP contribution in [0.1, 0.15) is 43.0 Å². The molecule has 2 aromatic carbocycles. The van der Waals surface area contributed by atoms with Crippen molar-refractivity contribution in [3.05, 3.63) is 57.6 Å². The molecule has 4 heteroatoms. The Morgan fingerprint density at radius 2 is 1.00 bits per heavy atom. The van der Waals surface area contributed by atoms with Gasteiger partial charge in [-0.3, -0.25) is 0 Å². The molecule has 2 N–H and O–H groups in total. The van der Waals surface area contributed by atoms with Gasteiger partial charge in [0, 0.05) is 11.1 Å². The first kappa shape index (κ1) is 15.8. The zero-order valence-electron chi connectivity index (χ0n) is 13.0. The van der Waals surface area contributed by atoms with Crippen molar-refractivity contribution in [3.8, 4) is 11.1 Å². The van der Waals surface area contributed by atoms with Gasteiger partial charge in [0.1, 0.15) is 0 Å². The number of rotatable bonds is 3. The van der Waals surface area contributed by atoms with Crippen LogP contribution in [0, 0.1) is 27.7 Å². The molecule has 2 aromatic rings.